The second-order valence-corrected chi connectivity index (χ2v) is 6.47. The molecular weight excluding hydrogens is 228 g/mol. The van der Waals surface area contributed by atoms with Gasteiger partial charge >= 0.3 is 5.97 Å². The number of allylic oxidation sites excluding steroid dienone is 1. The molecule has 0 aromatic carbocycles. The summed E-state index contributed by atoms with van der Waals surface area (Å²) in [4.78, 5) is 11.7. The van der Waals surface area contributed by atoms with Gasteiger partial charge in [0.1, 0.15) is 11.4 Å². The fourth-order valence-corrected chi connectivity index (χ4v) is 4.13. The molecule has 3 nitrogen and oxygen atoms in total. The lowest BCUT2D eigenvalue weighted by molar-refractivity contribution is -0.133. The molecule has 0 radical (unpaired) electrons. The first-order valence-electron chi connectivity index (χ1n) is 6.81. The summed E-state index contributed by atoms with van der Waals surface area (Å²) >= 11 is 0. The van der Waals surface area contributed by atoms with Crippen molar-refractivity contribution in [3.05, 3.63) is 23.0 Å². The first kappa shape index (κ1) is 10.8. The lowest BCUT2D eigenvalue weighted by atomic mass is 9.56. The van der Waals surface area contributed by atoms with E-state index in [4.69, 9.17) is 9.47 Å². The molecule has 1 saturated carbocycles. The summed E-state index contributed by atoms with van der Waals surface area (Å²) in [5.41, 5.74) is 1.85. The van der Waals surface area contributed by atoms with Gasteiger partial charge in [-0.05, 0) is 38.2 Å². The number of carbonyl (C=O) groups excluding carboxylic acids is 1. The van der Waals surface area contributed by atoms with Crippen LogP contribution in [-0.2, 0) is 14.3 Å². The van der Waals surface area contributed by atoms with E-state index in [1.807, 2.05) is 6.92 Å². The van der Waals surface area contributed by atoms with Crippen molar-refractivity contribution in [2.24, 2.45) is 11.3 Å². The summed E-state index contributed by atoms with van der Waals surface area (Å²) < 4.78 is 11.4. The average Bonchev–Trinajstić information content (AvgIpc) is 2.98. The van der Waals surface area contributed by atoms with Crippen molar-refractivity contribution >= 4 is 5.97 Å². The fraction of sp³-hybridized carbons (Fsp3) is 0.667. The van der Waals surface area contributed by atoms with E-state index in [0.717, 1.165) is 29.7 Å². The van der Waals surface area contributed by atoms with E-state index in [9.17, 15) is 4.79 Å². The zero-order valence-electron chi connectivity index (χ0n) is 11.1. The van der Waals surface area contributed by atoms with Gasteiger partial charge in [0, 0.05) is 16.6 Å². The van der Waals surface area contributed by atoms with Gasteiger partial charge in [0.05, 0.1) is 6.10 Å². The largest absolute Gasteiger partial charge is 0.423 e. The third-order valence-electron chi connectivity index (χ3n) is 5.75. The molecule has 0 aromatic rings. The molecule has 96 valence electrons. The van der Waals surface area contributed by atoms with E-state index in [2.05, 4.69) is 19.9 Å². The molecular formula is C15H18O3. The molecule has 18 heavy (non-hydrogen) atoms. The van der Waals surface area contributed by atoms with Gasteiger partial charge in [-0.1, -0.05) is 13.8 Å². The van der Waals surface area contributed by atoms with Crippen molar-refractivity contribution in [3.8, 4) is 0 Å². The van der Waals surface area contributed by atoms with Crippen LogP contribution < -0.4 is 0 Å². The Bertz CT molecular complexity index is 530. The fourth-order valence-electron chi connectivity index (χ4n) is 4.13. The standard InChI is InChI=1S/C15H18O3/c1-8-4-5-12-15(18-12)7-11-10(6-14(8,15)3)9(2)13(16)17-11/h7-8,12H,4-6H2,1-3H3/t8-,12?,14+,15?/m0/s1. The molecule has 0 bridgehead atoms. The summed E-state index contributed by atoms with van der Waals surface area (Å²) in [6.45, 7) is 6.50. The van der Waals surface area contributed by atoms with Crippen LogP contribution in [0.1, 0.15) is 40.0 Å². The van der Waals surface area contributed by atoms with E-state index < -0.39 is 0 Å². The SMILES string of the molecule is CC1=C2C[C@]3(C)[C@@H](C)CCC4OC43C=C2OC1=O. The summed E-state index contributed by atoms with van der Waals surface area (Å²) in [5.74, 6) is 1.20. The van der Waals surface area contributed by atoms with E-state index in [-0.39, 0.29) is 17.0 Å². The molecule has 4 rings (SSSR count). The highest BCUT2D eigenvalue weighted by Crippen LogP contribution is 2.66. The Morgan fingerprint density at radius 2 is 2.17 bits per heavy atom. The second-order valence-electron chi connectivity index (χ2n) is 6.47. The maximum Gasteiger partial charge on any atom is 0.339 e. The van der Waals surface area contributed by atoms with Crippen LogP contribution in [0.25, 0.3) is 0 Å². The zero-order chi connectivity index (χ0) is 12.7. The molecule has 4 aliphatic rings. The Morgan fingerprint density at radius 3 is 2.94 bits per heavy atom. The molecule has 0 N–H and O–H groups in total. The second kappa shape index (κ2) is 2.90. The first-order valence-corrected chi connectivity index (χ1v) is 6.81. The van der Waals surface area contributed by atoms with E-state index >= 15 is 0 Å². The first-order chi connectivity index (χ1) is 8.48. The van der Waals surface area contributed by atoms with Gasteiger partial charge < -0.3 is 9.47 Å². The van der Waals surface area contributed by atoms with Crippen molar-refractivity contribution in [1.82, 2.24) is 0 Å². The molecule has 4 atom stereocenters. The third-order valence-corrected chi connectivity index (χ3v) is 5.75. The monoisotopic (exact) mass is 246 g/mol. The van der Waals surface area contributed by atoms with Crippen LogP contribution in [0, 0.1) is 11.3 Å². The molecule has 2 fully saturated rings. The van der Waals surface area contributed by atoms with Gasteiger partial charge in [-0.3, -0.25) is 0 Å². The highest BCUT2D eigenvalue weighted by molar-refractivity contribution is 5.94. The number of hydrogen-bond acceptors (Lipinski definition) is 3. The molecule has 1 saturated heterocycles. The normalized spacial score (nSPS) is 49.1. The Morgan fingerprint density at radius 1 is 1.39 bits per heavy atom. The third kappa shape index (κ3) is 0.993. The van der Waals surface area contributed by atoms with Crippen molar-refractivity contribution in [2.45, 2.75) is 51.7 Å². The van der Waals surface area contributed by atoms with Crippen LogP contribution >= 0.6 is 0 Å². The van der Waals surface area contributed by atoms with Gasteiger partial charge in [0.15, 0.2) is 0 Å². The topological polar surface area (TPSA) is 38.8 Å². The van der Waals surface area contributed by atoms with Crippen LogP contribution in [0.2, 0.25) is 0 Å². The minimum absolute atomic E-state index is 0.115. The molecule has 1 spiro atoms. The van der Waals surface area contributed by atoms with Crippen LogP contribution in [0.4, 0.5) is 0 Å². The predicted octanol–water partition coefficient (Wildman–Crippen LogP) is 2.72. The quantitative estimate of drug-likeness (QED) is 0.487. The average molecular weight is 246 g/mol. The Kier molecular flexibility index (Phi) is 1.74. The Labute approximate surface area is 107 Å². The molecule has 2 aliphatic heterocycles. The number of hydrogen-bond donors (Lipinski definition) is 0. The minimum Gasteiger partial charge on any atom is -0.423 e. The maximum absolute atomic E-state index is 11.7. The molecule has 3 heteroatoms. The summed E-state index contributed by atoms with van der Waals surface area (Å²) in [5, 5.41) is 0. The summed E-state index contributed by atoms with van der Waals surface area (Å²) in [7, 11) is 0. The maximum atomic E-state index is 11.7. The summed E-state index contributed by atoms with van der Waals surface area (Å²) in [6.07, 6.45) is 5.70. The highest BCUT2D eigenvalue weighted by Gasteiger charge is 2.71. The van der Waals surface area contributed by atoms with Gasteiger partial charge in [0.2, 0.25) is 0 Å². The van der Waals surface area contributed by atoms with Gasteiger partial charge in [-0.25, -0.2) is 4.79 Å². The smallest absolute Gasteiger partial charge is 0.339 e. The zero-order valence-corrected chi connectivity index (χ0v) is 11.1. The number of esters is 1. The lowest BCUT2D eigenvalue weighted by Gasteiger charge is -2.45. The van der Waals surface area contributed by atoms with Crippen molar-refractivity contribution < 1.29 is 14.3 Å². The van der Waals surface area contributed by atoms with Crippen molar-refractivity contribution in [3.63, 3.8) is 0 Å². The van der Waals surface area contributed by atoms with Gasteiger partial charge in [-0.15, -0.1) is 0 Å². The number of carbonyl (C=O) groups is 1. The van der Waals surface area contributed by atoms with Gasteiger partial charge in [0.25, 0.3) is 0 Å². The molecule has 2 heterocycles. The van der Waals surface area contributed by atoms with E-state index in [0.29, 0.717) is 12.0 Å². The lowest BCUT2D eigenvalue weighted by Crippen LogP contribution is -2.47. The van der Waals surface area contributed by atoms with E-state index in [1.54, 1.807) is 0 Å². The van der Waals surface area contributed by atoms with Crippen LogP contribution in [0.15, 0.2) is 23.0 Å². The summed E-state index contributed by atoms with van der Waals surface area (Å²) in [6, 6.07) is 0. The Balaban J connectivity index is 1.89. The molecule has 0 aromatic heterocycles. The van der Waals surface area contributed by atoms with Gasteiger partial charge in [-0.2, -0.15) is 0 Å². The van der Waals surface area contributed by atoms with Crippen molar-refractivity contribution in [1.29, 1.82) is 0 Å². The van der Waals surface area contributed by atoms with Crippen LogP contribution in [0.3, 0.4) is 0 Å². The molecule has 2 unspecified atom stereocenters. The minimum atomic E-state index is -0.181. The number of epoxide rings is 1. The highest BCUT2D eigenvalue weighted by atomic mass is 16.6. The predicted molar refractivity (Wildman–Crippen MR) is 65.6 cm³/mol. The van der Waals surface area contributed by atoms with E-state index in [1.165, 1.54) is 6.42 Å². The Hall–Kier alpha value is -1.09. The van der Waals surface area contributed by atoms with Crippen LogP contribution in [0.5, 0.6) is 0 Å². The van der Waals surface area contributed by atoms with Crippen LogP contribution in [-0.4, -0.2) is 17.7 Å². The number of fused-ring (bicyclic) bond motifs is 1. The number of ether oxygens (including phenoxy) is 2. The number of rotatable bonds is 0. The van der Waals surface area contributed by atoms with Crippen molar-refractivity contribution in [2.75, 3.05) is 0 Å². The molecule has 2 aliphatic carbocycles. The molecule has 0 amide bonds.